The molecule has 0 fully saturated rings. The largest absolute Gasteiger partial charge is 0.308 e. The van der Waals surface area contributed by atoms with E-state index in [1.54, 1.807) is 0 Å². The molecular formula is C11H26N2. The Morgan fingerprint density at radius 3 is 1.92 bits per heavy atom. The highest BCUT2D eigenvalue weighted by Crippen LogP contribution is 1.96. The van der Waals surface area contributed by atoms with Crippen molar-refractivity contribution in [3.05, 3.63) is 0 Å². The number of nitrogens with zero attached hydrogens (tertiary/aromatic N) is 2. The Morgan fingerprint density at radius 1 is 0.769 bits per heavy atom. The lowest BCUT2D eigenvalue weighted by Gasteiger charge is -2.23. The molecule has 0 aliphatic rings. The van der Waals surface area contributed by atoms with Gasteiger partial charge in [0, 0.05) is 13.1 Å². The van der Waals surface area contributed by atoms with Gasteiger partial charge in [-0.3, -0.25) is 0 Å². The molecule has 0 aromatic heterocycles. The molecule has 0 atom stereocenters. The number of hydrogen-bond donors (Lipinski definition) is 0. The smallest absolute Gasteiger partial charge is 0.0109 e. The molecule has 0 bridgehead atoms. The van der Waals surface area contributed by atoms with Crippen LogP contribution in [0, 0.1) is 0 Å². The van der Waals surface area contributed by atoms with Crippen LogP contribution in [-0.2, 0) is 0 Å². The Morgan fingerprint density at radius 2 is 1.46 bits per heavy atom. The van der Waals surface area contributed by atoms with Crippen LogP contribution in [0.2, 0.25) is 0 Å². The Kier molecular flexibility index (Phi) is 8.46. The van der Waals surface area contributed by atoms with Crippen molar-refractivity contribution in [2.24, 2.45) is 0 Å². The average Bonchev–Trinajstić information content (AvgIpc) is 2.09. The van der Waals surface area contributed by atoms with Gasteiger partial charge in [-0.25, -0.2) is 0 Å². The van der Waals surface area contributed by atoms with Crippen molar-refractivity contribution in [2.75, 3.05) is 40.3 Å². The fourth-order valence-electron chi connectivity index (χ4n) is 1.37. The molecule has 0 saturated heterocycles. The second-order valence-corrected chi connectivity index (χ2v) is 4.00. The van der Waals surface area contributed by atoms with Crippen molar-refractivity contribution < 1.29 is 0 Å². The minimum Gasteiger partial charge on any atom is -0.308 e. The van der Waals surface area contributed by atoms with Gasteiger partial charge in [0.25, 0.3) is 0 Å². The fraction of sp³-hybridized carbons (Fsp3) is 1.00. The highest BCUT2D eigenvalue weighted by Gasteiger charge is 2.02. The van der Waals surface area contributed by atoms with Gasteiger partial charge < -0.3 is 9.80 Å². The molecule has 2 heteroatoms. The zero-order valence-corrected chi connectivity index (χ0v) is 9.84. The maximum atomic E-state index is 2.57. The van der Waals surface area contributed by atoms with Crippen LogP contribution in [0.4, 0.5) is 0 Å². The van der Waals surface area contributed by atoms with E-state index in [1.807, 2.05) is 0 Å². The summed E-state index contributed by atoms with van der Waals surface area (Å²) in [6.45, 7) is 9.46. The third-order valence-corrected chi connectivity index (χ3v) is 2.23. The Bertz CT molecular complexity index is 102. The highest BCUT2D eigenvalue weighted by atomic mass is 15.2. The summed E-state index contributed by atoms with van der Waals surface area (Å²) >= 11 is 0. The molecule has 0 aromatic carbocycles. The molecule has 0 aliphatic heterocycles. The van der Waals surface area contributed by atoms with Crippen molar-refractivity contribution >= 4 is 0 Å². The molecule has 13 heavy (non-hydrogen) atoms. The summed E-state index contributed by atoms with van der Waals surface area (Å²) in [5.74, 6) is 0. The molecule has 0 amide bonds. The third-order valence-electron chi connectivity index (χ3n) is 2.23. The van der Waals surface area contributed by atoms with Gasteiger partial charge in [0.1, 0.15) is 0 Å². The lowest BCUT2D eigenvalue weighted by atomic mass is 10.3. The van der Waals surface area contributed by atoms with E-state index in [0.29, 0.717) is 0 Å². The first-order valence-corrected chi connectivity index (χ1v) is 5.57. The molecule has 0 aromatic rings. The average molecular weight is 186 g/mol. The molecular weight excluding hydrogens is 160 g/mol. The van der Waals surface area contributed by atoms with Crippen molar-refractivity contribution in [1.82, 2.24) is 9.80 Å². The van der Waals surface area contributed by atoms with Gasteiger partial charge in [-0.2, -0.15) is 0 Å². The van der Waals surface area contributed by atoms with E-state index in [2.05, 4.69) is 37.7 Å². The van der Waals surface area contributed by atoms with Crippen LogP contribution >= 0.6 is 0 Å². The minimum atomic E-state index is 1.18. The topological polar surface area (TPSA) is 6.48 Å². The van der Waals surface area contributed by atoms with Crippen molar-refractivity contribution in [3.8, 4) is 0 Å². The normalized spacial score (nSPS) is 11.5. The maximum absolute atomic E-state index is 2.57. The first-order chi connectivity index (χ1) is 6.20. The predicted octanol–water partition coefficient (Wildman–Crippen LogP) is 2.06. The maximum Gasteiger partial charge on any atom is 0.0109 e. The molecule has 80 valence electrons. The van der Waals surface area contributed by atoms with Crippen LogP contribution in [0.25, 0.3) is 0 Å². The minimum absolute atomic E-state index is 1.18. The van der Waals surface area contributed by atoms with E-state index in [1.165, 1.54) is 45.4 Å². The summed E-state index contributed by atoms with van der Waals surface area (Å²) in [6, 6.07) is 0. The van der Waals surface area contributed by atoms with Crippen LogP contribution in [-0.4, -0.2) is 50.1 Å². The van der Waals surface area contributed by atoms with Gasteiger partial charge >= 0.3 is 0 Å². The van der Waals surface area contributed by atoms with Gasteiger partial charge in [-0.1, -0.05) is 20.3 Å². The number of unbranched alkanes of at least 4 members (excludes halogenated alkanes) is 1. The summed E-state index contributed by atoms with van der Waals surface area (Å²) in [5.41, 5.74) is 0. The predicted molar refractivity (Wildman–Crippen MR) is 60.2 cm³/mol. The first-order valence-electron chi connectivity index (χ1n) is 5.57. The molecule has 2 nitrogen and oxygen atoms in total. The lowest BCUT2D eigenvalue weighted by Crippen LogP contribution is -2.33. The molecule has 0 saturated carbocycles. The summed E-state index contributed by atoms with van der Waals surface area (Å²) < 4.78 is 0. The van der Waals surface area contributed by atoms with Crippen LogP contribution in [0.1, 0.15) is 33.1 Å². The van der Waals surface area contributed by atoms with E-state index in [4.69, 9.17) is 0 Å². The van der Waals surface area contributed by atoms with Crippen LogP contribution in [0.15, 0.2) is 0 Å². The molecule has 0 aliphatic carbocycles. The number of rotatable bonds is 8. The van der Waals surface area contributed by atoms with Gasteiger partial charge in [0.05, 0.1) is 0 Å². The molecule has 0 heterocycles. The third kappa shape index (κ3) is 8.26. The van der Waals surface area contributed by atoms with Gasteiger partial charge in [-0.05, 0) is 40.0 Å². The quantitative estimate of drug-likeness (QED) is 0.572. The Balaban J connectivity index is 3.53. The Labute approximate surface area is 83.9 Å². The fourth-order valence-corrected chi connectivity index (χ4v) is 1.37. The molecule has 0 N–H and O–H groups in total. The molecule has 0 rings (SSSR count). The first kappa shape index (κ1) is 12.9. The second kappa shape index (κ2) is 8.52. The second-order valence-electron chi connectivity index (χ2n) is 4.00. The van der Waals surface area contributed by atoms with Crippen LogP contribution in [0.3, 0.4) is 0 Å². The number of hydrogen-bond acceptors (Lipinski definition) is 2. The van der Waals surface area contributed by atoms with Crippen molar-refractivity contribution in [3.63, 3.8) is 0 Å². The SMILES string of the molecule is CCCCN(CCC)CCN(C)C. The van der Waals surface area contributed by atoms with Crippen molar-refractivity contribution in [2.45, 2.75) is 33.1 Å². The van der Waals surface area contributed by atoms with Crippen molar-refractivity contribution in [1.29, 1.82) is 0 Å². The standard InChI is InChI=1S/C11H26N2/c1-5-7-9-13(8-6-2)11-10-12(3)4/h5-11H2,1-4H3. The monoisotopic (exact) mass is 186 g/mol. The molecule has 0 spiro atoms. The van der Waals surface area contributed by atoms with E-state index in [-0.39, 0.29) is 0 Å². The van der Waals surface area contributed by atoms with Crippen LogP contribution < -0.4 is 0 Å². The van der Waals surface area contributed by atoms with Crippen LogP contribution in [0.5, 0.6) is 0 Å². The van der Waals surface area contributed by atoms with E-state index < -0.39 is 0 Å². The highest BCUT2D eigenvalue weighted by molar-refractivity contribution is 4.58. The summed E-state index contributed by atoms with van der Waals surface area (Å²) in [4.78, 5) is 4.83. The van der Waals surface area contributed by atoms with E-state index in [0.717, 1.165) is 0 Å². The van der Waals surface area contributed by atoms with Gasteiger partial charge in [0.15, 0.2) is 0 Å². The summed E-state index contributed by atoms with van der Waals surface area (Å²) in [6.07, 6.45) is 3.92. The van der Waals surface area contributed by atoms with E-state index >= 15 is 0 Å². The zero-order chi connectivity index (χ0) is 10.1. The van der Waals surface area contributed by atoms with Gasteiger partial charge in [0.2, 0.25) is 0 Å². The van der Waals surface area contributed by atoms with E-state index in [9.17, 15) is 0 Å². The summed E-state index contributed by atoms with van der Waals surface area (Å²) in [7, 11) is 4.29. The molecule has 0 radical (unpaired) electrons. The van der Waals surface area contributed by atoms with Gasteiger partial charge in [-0.15, -0.1) is 0 Å². The molecule has 0 unspecified atom stereocenters. The lowest BCUT2D eigenvalue weighted by molar-refractivity contribution is 0.238. The number of likely N-dealkylation sites (N-methyl/N-ethyl adjacent to an activating group) is 1. The Hall–Kier alpha value is -0.0800. The zero-order valence-electron chi connectivity index (χ0n) is 9.84. The summed E-state index contributed by atoms with van der Waals surface area (Å²) in [5, 5.41) is 0.